The zero-order valence-electron chi connectivity index (χ0n) is 12.3. The smallest absolute Gasteiger partial charge is 0.326 e. The first-order valence-electron chi connectivity index (χ1n) is 7.48. The van der Waals surface area contributed by atoms with Crippen LogP contribution < -0.4 is 5.32 Å². The van der Waals surface area contributed by atoms with E-state index in [1.807, 2.05) is 20.8 Å². The number of rotatable bonds is 7. The third kappa shape index (κ3) is 4.84. The van der Waals surface area contributed by atoms with E-state index >= 15 is 0 Å². The molecule has 2 N–H and O–H groups in total. The Hall–Kier alpha value is -1.06. The predicted octanol–water partition coefficient (Wildman–Crippen LogP) is 2.82. The molecular weight excluding hydrogens is 242 g/mol. The number of hydrogen-bond acceptors (Lipinski definition) is 2. The van der Waals surface area contributed by atoms with E-state index < -0.39 is 12.0 Å². The number of nitrogens with one attached hydrogen (secondary N) is 1. The molecule has 19 heavy (non-hydrogen) atoms. The Morgan fingerprint density at radius 2 is 1.84 bits per heavy atom. The first-order valence-corrected chi connectivity index (χ1v) is 7.48. The maximum absolute atomic E-state index is 12.2. The maximum Gasteiger partial charge on any atom is 0.326 e. The quantitative estimate of drug-likeness (QED) is 0.747. The van der Waals surface area contributed by atoms with Crippen LogP contribution in [-0.4, -0.2) is 23.0 Å². The summed E-state index contributed by atoms with van der Waals surface area (Å²) < 4.78 is 0. The van der Waals surface area contributed by atoms with Gasteiger partial charge in [-0.05, 0) is 24.7 Å². The number of carboxylic acids is 1. The Labute approximate surface area is 116 Å². The van der Waals surface area contributed by atoms with E-state index in [1.54, 1.807) is 0 Å². The number of carboxylic acid groups (broad SMARTS) is 1. The highest BCUT2D eigenvalue weighted by Gasteiger charge is 2.28. The van der Waals surface area contributed by atoms with Crippen molar-refractivity contribution in [3.05, 3.63) is 0 Å². The van der Waals surface area contributed by atoms with E-state index in [9.17, 15) is 9.59 Å². The van der Waals surface area contributed by atoms with Crippen LogP contribution in [0.1, 0.15) is 59.3 Å². The third-order valence-electron chi connectivity index (χ3n) is 4.19. The molecule has 0 radical (unpaired) electrons. The van der Waals surface area contributed by atoms with Crippen LogP contribution in [0, 0.1) is 17.8 Å². The molecule has 1 aliphatic rings. The van der Waals surface area contributed by atoms with E-state index in [0.717, 1.165) is 12.8 Å². The van der Waals surface area contributed by atoms with Gasteiger partial charge < -0.3 is 10.4 Å². The maximum atomic E-state index is 12.2. The summed E-state index contributed by atoms with van der Waals surface area (Å²) in [6.07, 6.45) is 6.67. The molecule has 0 saturated heterocycles. The molecule has 0 aromatic heterocycles. The summed E-state index contributed by atoms with van der Waals surface area (Å²) in [4.78, 5) is 23.3. The Kier molecular flexibility index (Phi) is 6.32. The molecule has 0 aliphatic heterocycles. The highest BCUT2D eigenvalue weighted by Crippen LogP contribution is 2.31. The van der Waals surface area contributed by atoms with Gasteiger partial charge in [-0.25, -0.2) is 4.79 Å². The fourth-order valence-electron chi connectivity index (χ4n) is 2.89. The molecule has 0 heterocycles. The summed E-state index contributed by atoms with van der Waals surface area (Å²) in [5.41, 5.74) is 0. The zero-order valence-corrected chi connectivity index (χ0v) is 12.3. The number of carbonyl (C=O) groups excluding carboxylic acids is 1. The van der Waals surface area contributed by atoms with Crippen molar-refractivity contribution in [2.75, 3.05) is 0 Å². The summed E-state index contributed by atoms with van der Waals surface area (Å²) in [6.45, 7) is 5.64. The normalized spacial score (nSPS) is 19.4. The van der Waals surface area contributed by atoms with E-state index in [4.69, 9.17) is 5.11 Å². The molecule has 1 aliphatic carbocycles. The monoisotopic (exact) mass is 269 g/mol. The molecule has 0 bridgehead atoms. The van der Waals surface area contributed by atoms with E-state index in [0.29, 0.717) is 5.92 Å². The first kappa shape index (κ1) is 16.0. The van der Waals surface area contributed by atoms with Crippen LogP contribution in [-0.2, 0) is 9.59 Å². The molecule has 0 aromatic rings. The minimum atomic E-state index is -0.945. The zero-order chi connectivity index (χ0) is 14.4. The van der Waals surface area contributed by atoms with Crippen LogP contribution in [0.5, 0.6) is 0 Å². The second kappa shape index (κ2) is 7.51. The molecule has 4 nitrogen and oxygen atoms in total. The minimum absolute atomic E-state index is 0.0382. The molecule has 1 amide bonds. The largest absolute Gasteiger partial charge is 0.480 e. The Balaban J connectivity index is 2.54. The Morgan fingerprint density at radius 1 is 1.26 bits per heavy atom. The number of amides is 1. The first-order chi connectivity index (χ1) is 8.95. The summed E-state index contributed by atoms with van der Waals surface area (Å²) >= 11 is 0. The fourth-order valence-corrected chi connectivity index (χ4v) is 2.89. The van der Waals surface area contributed by atoms with Crippen molar-refractivity contribution in [1.82, 2.24) is 5.32 Å². The van der Waals surface area contributed by atoms with E-state index in [1.165, 1.54) is 25.7 Å². The molecule has 1 rings (SSSR count). The molecular formula is C15H27NO3. The number of carbonyl (C=O) groups is 2. The van der Waals surface area contributed by atoms with E-state index in [-0.39, 0.29) is 17.7 Å². The van der Waals surface area contributed by atoms with E-state index in [2.05, 4.69) is 5.32 Å². The van der Waals surface area contributed by atoms with Gasteiger partial charge in [0.2, 0.25) is 5.91 Å². The summed E-state index contributed by atoms with van der Waals surface area (Å²) in [7, 11) is 0. The molecule has 110 valence electrons. The Morgan fingerprint density at radius 3 is 2.26 bits per heavy atom. The van der Waals surface area contributed by atoms with Crippen molar-refractivity contribution < 1.29 is 14.7 Å². The standard InChI is InChI=1S/C15H27NO3/c1-4-12(9-11-7-5-6-8-11)14(17)16-13(10(2)3)15(18)19/h10-13H,4-9H2,1-3H3,(H,16,17)(H,18,19)/t12?,13-/m1/s1. The van der Waals surface area contributed by atoms with Crippen LogP contribution in [0.4, 0.5) is 0 Å². The van der Waals surface area contributed by atoms with Gasteiger partial charge in [-0.1, -0.05) is 46.5 Å². The lowest BCUT2D eigenvalue weighted by atomic mass is 9.90. The lowest BCUT2D eigenvalue weighted by molar-refractivity contribution is -0.143. The molecule has 4 heteroatoms. The Bertz CT molecular complexity index is 309. The van der Waals surface area contributed by atoms with Gasteiger partial charge in [0.1, 0.15) is 6.04 Å². The van der Waals surface area contributed by atoms with Crippen molar-refractivity contribution >= 4 is 11.9 Å². The molecule has 2 atom stereocenters. The third-order valence-corrected chi connectivity index (χ3v) is 4.19. The fraction of sp³-hybridized carbons (Fsp3) is 0.867. The number of hydrogen-bond donors (Lipinski definition) is 2. The molecule has 1 unspecified atom stereocenters. The van der Waals surface area contributed by atoms with Crippen molar-refractivity contribution in [3.8, 4) is 0 Å². The molecule has 0 aromatic carbocycles. The van der Waals surface area contributed by atoms with Crippen LogP contribution in [0.25, 0.3) is 0 Å². The van der Waals surface area contributed by atoms with Crippen LogP contribution >= 0.6 is 0 Å². The highest BCUT2D eigenvalue weighted by atomic mass is 16.4. The van der Waals surface area contributed by atoms with Crippen LogP contribution in [0.3, 0.4) is 0 Å². The summed E-state index contributed by atoms with van der Waals surface area (Å²) in [5.74, 6) is -0.512. The van der Waals surface area contributed by atoms with Gasteiger partial charge in [0.25, 0.3) is 0 Å². The predicted molar refractivity (Wildman–Crippen MR) is 74.8 cm³/mol. The second-order valence-corrected chi connectivity index (χ2v) is 6.06. The van der Waals surface area contributed by atoms with Gasteiger partial charge in [-0.3, -0.25) is 4.79 Å². The second-order valence-electron chi connectivity index (χ2n) is 6.06. The molecule has 0 spiro atoms. The van der Waals surface area contributed by atoms with Gasteiger partial charge in [0.05, 0.1) is 0 Å². The van der Waals surface area contributed by atoms with Crippen molar-refractivity contribution in [1.29, 1.82) is 0 Å². The van der Waals surface area contributed by atoms with Gasteiger partial charge in [0, 0.05) is 5.92 Å². The van der Waals surface area contributed by atoms with Gasteiger partial charge in [0.15, 0.2) is 0 Å². The lowest BCUT2D eigenvalue weighted by Crippen LogP contribution is -2.46. The van der Waals surface area contributed by atoms with Crippen molar-refractivity contribution in [2.45, 2.75) is 65.3 Å². The lowest BCUT2D eigenvalue weighted by Gasteiger charge is -2.23. The molecule has 1 fully saturated rings. The number of aliphatic carboxylic acids is 1. The minimum Gasteiger partial charge on any atom is -0.480 e. The van der Waals surface area contributed by atoms with Gasteiger partial charge in [-0.15, -0.1) is 0 Å². The van der Waals surface area contributed by atoms with Crippen LogP contribution in [0.15, 0.2) is 0 Å². The molecule has 1 saturated carbocycles. The van der Waals surface area contributed by atoms with Gasteiger partial charge in [-0.2, -0.15) is 0 Å². The van der Waals surface area contributed by atoms with Gasteiger partial charge >= 0.3 is 5.97 Å². The van der Waals surface area contributed by atoms with Crippen LogP contribution in [0.2, 0.25) is 0 Å². The van der Waals surface area contributed by atoms with Crippen molar-refractivity contribution in [3.63, 3.8) is 0 Å². The summed E-state index contributed by atoms with van der Waals surface area (Å²) in [5, 5.41) is 11.8. The average Bonchev–Trinajstić information content (AvgIpc) is 2.84. The SMILES string of the molecule is CCC(CC1CCCC1)C(=O)N[C@@H](C(=O)O)C(C)C. The highest BCUT2D eigenvalue weighted by molar-refractivity contribution is 5.85. The summed E-state index contributed by atoms with van der Waals surface area (Å²) in [6, 6.07) is -0.773. The van der Waals surface area contributed by atoms with Crippen molar-refractivity contribution in [2.24, 2.45) is 17.8 Å². The average molecular weight is 269 g/mol. The topological polar surface area (TPSA) is 66.4 Å².